The lowest BCUT2D eigenvalue weighted by molar-refractivity contribution is -0.151. The quantitative estimate of drug-likeness (QED) is 0.888. The fourth-order valence-corrected chi connectivity index (χ4v) is 2.74. The van der Waals surface area contributed by atoms with Gasteiger partial charge in [-0.25, -0.2) is 4.79 Å². The van der Waals surface area contributed by atoms with Gasteiger partial charge in [-0.1, -0.05) is 0 Å². The number of amides is 1. The maximum absolute atomic E-state index is 12.6. The van der Waals surface area contributed by atoms with Crippen molar-refractivity contribution in [3.8, 4) is 5.75 Å². The molecule has 1 amide bonds. The van der Waals surface area contributed by atoms with E-state index >= 15 is 0 Å². The van der Waals surface area contributed by atoms with Gasteiger partial charge in [0.1, 0.15) is 5.75 Å². The van der Waals surface area contributed by atoms with Gasteiger partial charge in [0.15, 0.2) is 5.54 Å². The van der Waals surface area contributed by atoms with E-state index in [2.05, 4.69) is 0 Å². The van der Waals surface area contributed by atoms with E-state index in [4.69, 9.17) is 9.47 Å². The molecule has 1 aromatic carbocycles. The van der Waals surface area contributed by atoms with Crippen LogP contribution in [-0.4, -0.2) is 54.8 Å². The third-order valence-electron chi connectivity index (χ3n) is 3.85. The molecule has 1 aliphatic rings. The van der Waals surface area contributed by atoms with Crippen LogP contribution < -0.4 is 4.74 Å². The first kappa shape index (κ1) is 15.3. The molecule has 0 aliphatic carbocycles. The Bertz CT molecular complexity index is 527. The van der Waals surface area contributed by atoms with Crippen molar-refractivity contribution in [1.29, 1.82) is 0 Å². The first-order valence-corrected chi connectivity index (χ1v) is 6.73. The summed E-state index contributed by atoms with van der Waals surface area (Å²) in [6.07, 6.45) is 1.05. The molecule has 114 valence electrons. The molecule has 0 spiro atoms. The summed E-state index contributed by atoms with van der Waals surface area (Å²) in [7, 11) is 2.99. The molecule has 1 unspecified atom stereocenters. The maximum atomic E-state index is 12.6. The van der Waals surface area contributed by atoms with Gasteiger partial charge >= 0.3 is 5.97 Å². The van der Waals surface area contributed by atoms with Gasteiger partial charge in [-0.05, 0) is 37.1 Å². The summed E-state index contributed by atoms with van der Waals surface area (Å²) in [4.78, 5) is 25.7. The molecule has 1 aliphatic heterocycles. The highest BCUT2D eigenvalue weighted by atomic mass is 16.5. The number of ether oxygens (including phenoxy) is 2. The van der Waals surface area contributed by atoms with Crippen LogP contribution in [0.2, 0.25) is 0 Å². The lowest BCUT2D eigenvalue weighted by atomic mass is 9.96. The summed E-state index contributed by atoms with van der Waals surface area (Å²) >= 11 is 0. The molecule has 0 bridgehead atoms. The molecule has 2 rings (SSSR count). The number of carbonyl (C=O) groups is 2. The number of likely N-dealkylation sites (tertiary alicyclic amines) is 1. The van der Waals surface area contributed by atoms with Crippen molar-refractivity contribution >= 4 is 11.9 Å². The zero-order valence-electron chi connectivity index (χ0n) is 12.2. The minimum Gasteiger partial charge on any atom is -0.497 e. The predicted octanol–water partition coefficient (Wildman–Crippen LogP) is 1.40. The van der Waals surface area contributed by atoms with Crippen LogP contribution in [0.4, 0.5) is 0 Å². The van der Waals surface area contributed by atoms with E-state index in [1.807, 2.05) is 0 Å². The number of methoxy groups -OCH3 is 2. The Balaban J connectivity index is 2.29. The molecule has 1 aromatic rings. The van der Waals surface area contributed by atoms with E-state index in [1.54, 1.807) is 31.4 Å². The summed E-state index contributed by atoms with van der Waals surface area (Å²) in [6.45, 7) is 0.407. The first-order chi connectivity index (χ1) is 10.0. The number of aliphatic carboxylic acids is 1. The third-order valence-corrected chi connectivity index (χ3v) is 3.85. The number of hydrogen-bond donors (Lipinski definition) is 1. The molecule has 1 N–H and O–H groups in total. The molecule has 1 atom stereocenters. The SMILES string of the molecule is COCC1(C(=O)O)CCCN1C(=O)c1ccc(OC)cc1. The van der Waals surface area contributed by atoms with Gasteiger partial charge in [-0.15, -0.1) is 0 Å². The molecule has 6 heteroatoms. The zero-order chi connectivity index (χ0) is 15.5. The lowest BCUT2D eigenvalue weighted by Crippen LogP contribution is -2.56. The van der Waals surface area contributed by atoms with Crippen molar-refractivity contribution in [2.24, 2.45) is 0 Å². The Kier molecular flexibility index (Phi) is 4.47. The minimum absolute atomic E-state index is 0.00969. The van der Waals surface area contributed by atoms with Gasteiger partial charge in [0, 0.05) is 19.2 Å². The summed E-state index contributed by atoms with van der Waals surface area (Å²) < 4.78 is 10.1. The van der Waals surface area contributed by atoms with E-state index in [9.17, 15) is 14.7 Å². The third kappa shape index (κ3) is 2.71. The molecular weight excluding hydrogens is 274 g/mol. The fraction of sp³-hybridized carbons (Fsp3) is 0.467. The molecule has 6 nitrogen and oxygen atoms in total. The number of benzene rings is 1. The van der Waals surface area contributed by atoms with Crippen LogP contribution in [0.15, 0.2) is 24.3 Å². The molecule has 1 heterocycles. The second kappa shape index (κ2) is 6.13. The average molecular weight is 293 g/mol. The number of carboxylic acids is 1. The first-order valence-electron chi connectivity index (χ1n) is 6.73. The van der Waals surface area contributed by atoms with Gasteiger partial charge < -0.3 is 19.5 Å². The topological polar surface area (TPSA) is 76.1 Å². The molecular formula is C15H19NO5. The van der Waals surface area contributed by atoms with Crippen LogP contribution in [0.1, 0.15) is 23.2 Å². The van der Waals surface area contributed by atoms with Gasteiger partial charge in [0.2, 0.25) is 0 Å². The number of rotatable bonds is 5. The van der Waals surface area contributed by atoms with E-state index in [0.717, 1.165) is 0 Å². The number of carbonyl (C=O) groups excluding carboxylic acids is 1. The summed E-state index contributed by atoms with van der Waals surface area (Å²) in [5, 5.41) is 9.55. The molecule has 0 radical (unpaired) electrons. The van der Waals surface area contributed by atoms with Crippen LogP contribution in [0, 0.1) is 0 Å². The average Bonchev–Trinajstić information content (AvgIpc) is 2.92. The molecule has 0 aromatic heterocycles. The molecule has 1 saturated heterocycles. The van der Waals surface area contributed by atoms with E-state index in [-0.39, 0.29) is 12.5 Å². The molecule has 21 heavy (non-hydrogen) atoms. The summed E-state index contributed by atoms with van der Waals surface area (Å²) in [6, 6.07) is 6.64. The largest absolute Gasteiger partial charge is 0.497 e. The fourth-order valence-electron chi connectivity index (χ4n) is 2.74. The molecule has 1 fully saturated rings. The maximum Gasteiger partial charge on any atom is 0.332 e. The Labute approximate surface area is 123 Å². The van der Waals surface area contributed by atoms with Crippen LogP contribution in [0.3, 0.4) is 0 Å². The predicted molar refractivity (Wildman–Crippen MR) is 75.5 cm³/mol. The highest BCUT2D eigenvalue weighted by molar-refractivity contribution is 5.98. The van der Waals surface area contributed by atoms with Crippen LogP contribution >= 0.6 is 0 Å². The van der Waals surface area contributed by atoms with Gasteiger partial charge in [-0.2, -0.15) is 0 Å². The summed E-state index contributed by atoms with van der Waals surface area (Å²) in [5.41, 5.74) is -0.828. The van der Waals surface area contributed by atoms with Crippen molar-refractivity contribution in [2.45, 2.75) is 18.4 Å². The van der Waals surface area contributed by atoms with Crippen molar-refractivity contribution in [3.63, 3.8) is 0 Å². The Morgan fingerprint density at radius 2 is 1.95 bits per heavy atom. The molecule has 0 saturated carbocycles. The smallest absolute Gasteiger partial charge is 0.332 e. The lowest BCUT2D eigenvalue weighted by Gasteiger charge is -2.34. The second-order valence-electron chi connectivity index (χ2n) is 5.06. The Morgan fingerprint density at radius 3 is 2.48 bits per heavy atom. The van der Waals surface area contributed by atoms with Crippen LogP contribution in [0.25, 0.3) is 0 Å². The van der Waals surface area contributed by atoms with Gasteiger partial charge in [0.25, 0.3) is 5.91 Å². The highest BCUT2D eigenvalue weighted by Crippen LogP contribution is 2.32. The van der Waals surface area contributed by atoms with Crippen molar-refractivity contribution in [1.82, 2.24) is 4.90 Å². The van der Waals surface area contributed by atoms with Crippen molar-refractivity contribution in [3.05, 3.63) is 29.8 Å². The highest BCUT2D eigenvalue weighted by Gasteiger charge is 2.50. The van der Waals surface area contributed by atoms with E-state index < -0.39 is 11.5 Å². The number of hydrogen-bond acceptors (Lipinski definition) is 4. The zero-order valence-corrected chi connectivity index (χ0v) is 12.2. The minimum atomic E-state index is -1.27. The normalized spacial score (nSPS) is 21.3. The van der Waals surface area contributed by atoms with Gasteiger partial charge in [0.05, 0.1) is 13.7 Å². The van der Waals surface area contributed by atoms with Crippen molar-refractivity contribution < 1.29 is 24.2 Å². The van der Waals surface area contributed by atoms with Crippen LogP contribution in [0.5, 0.6) is 5.75 Å². The Morgan fingerprint density at radius 1 is 1.29 bits per heavy atom. The van der Waals surface area contributed by atoms with E-state index in [0.29, 0.717) is 30.7 Å². The van der Waals surface area contributed by atoms with Gasteiger partial charge in [-0.3, -0.25) is 4.79 Å². The standard InChI is InChI=1S/C15H19NO5/c1-20-10-15(14(18)19)8-3-9-16(15)13(17)11-4-6-12(21-2)7-5-11/h4-7H,3,8-10H2,1-2H3,(H,18,19). The second-order valence-corrected chi connectivity index (χ2v) is 5.06. The van der Waals surface area contributed by atoms with Crippen LogP contribution in [-0.2, 0) is 9.53 Å². The monoisotopic (exact) mass is 293 g/mol. The Hall–Kier alpha value is -2.08. The van der Waals surface area contributed by atoms with E-state index in [1.165, 1.54) is 12.0 Å². The summed E-state index contributed by atoms with van der Waals surface area (Å²) in [5.74, 6) is -0.673. The number of carboxylic acid groups (broad SMARTS) is 1. The number of nitrogens with zero attached hydrogens (tertiary/aromatic N) is 1. The van der Waals surface area contributed by atoms with Crippen molar-refractivity contribution in [2.75, 3.05) is 27.4 Å².